The number of carbonyl (C=O) groups is 1. The summed E-state index contributed by atoms with van der Waals surface area (Å²) in [5.74, 6) is -1.80. The minimum Gasteiger partial charge on any atom is -0.328 e. The van der Waals surface area contributed by atoms with Crippen LogP contribution < -0.4 is 11.1 Å². The molecule has 3 nitrogen and oxygen atoms in total. The number of benzene rings is 1. The summed E-state index contributed by atoms with van der Waals surface area (Å²) in [6.45, 7) is 0. The highest BCUT2D eigenvalue weighted by atomic mass is 79.9. The van der Waals surface area contributed by atoms with Crippen molar-refractivity contribution < 1.29 is 13.6 Å². The molecule has 1 amide bonds. The van der Waals surface area contributed by atoms with Gasteiger partial charge in [-0.25, -0.2) is 8.78 Å². The Morgan fingerprint density at radius 3 is 2.67 bits per heavy atom. The van der Waals surface area contributed by atoms with E-state index in [0.29, 0.717) is 12.8 Å². The molecule has 2 atom stereocenters. The summed E-state index contributed by atoms with van der Waals surface area (Å²) < 4.78 is 26.8. The number of hydrogen-bond donors (Lipinski definition) is 2. The highest BCUT2D eigenvalue weighted by Gasteiger charge is 2.28. The Balaban J connectivity index is 2.09. The Hall–Kier alpha value is -1.01. The molecular formula is C12H13BrF2N2O. The molecule has 2 unspecified atom stereocenters. The van der Waals surface area contributed by atoms with E-state index in [1.54, 1.807) is 0 Å². The standard InChI is InChI=1S/C12H13BrF2N2O/c13-8-4-10(15)11(5-9(8)14)17-12(18)6-1-2-7(16)3-6/h4-7H,1-3,16H2,(H,17,18). The molecular weight excluding hydrogens is 306 g/mol. The van der Waals surface area contributed by atoms with Crippen LogP contribution in [-0.4, -0.2) is 11.9 Å². The van der Waals surface area contributed by atoms with Crippen LogP contribution in [-0.2, 0) is 4.79 Å². The van der Waals surface area contributed by atoms with Gasteiger partial charge in [-0.05, 0) is 41.3 Å². The molecule has 0 heterocycles. The first-order valence-electron chi connectivity index (χ1n) is 5.68. The molecule has 0 aromatic heterocycles. The first-order valence-corrected chi connectivity index (χ1v) is 6.47. The number of carbonyl (C=O) groups excluding carboxylic acids is 1. The average molecular weight is 319 g/mol. The van der Waals surface area contributed by atoms with E-state index >= 15 is 0 Å². The lowest BCUT2D eigenvalue weighted by atomic mass is 10.1. The van der Waals surface area contributed by atoms with Crippen LogP contribution in [0.1, 0.15) is 19.3 Å². The van der Waals surface area contributed by atoms with Gasteiger partial charge in [0.1, 0.15) is 11.6 Å². The van der Waals surface area contributed by atoms with E-state index in [-0.39, 0.29) is 28.0 Å². The first kappa shape index (κ1) is 13.4. The summed E-state index contributed by atoms with van der Waals surface area (Å²) in [7, 11) is 0. The Bertz CT molecular complexity index is 481. The van der Waals surface area contributed by atoms with E-state index in [9.17, 15) is 13.6 Å². The van der Waals surface area contributed by atoms with Gasteiger partial charge < -0.3 is 11.1 Å². The molecule has 1 aromatic carbocycles. The fourth-order valence-electron chi connectivity index (χ4n) is 2.11. The number of halogens is 3. The van der Waals surface area contributed by atoms with Gasteiger partial charge in [0.25, 0.3) is 0 Å². The van der Waals surface area contributed by atoms with Crippen molar-refractivity contribution in [1.29, 1.82) is 0 Å². The molecule has 0 radical (unpaired) electrons. The Labute approximate surface area is 112 Å². The number of hydrogen-bond acceptors (Lipinski definition) is 2. The normalized spacial score (nSPS) is 23.1. The molecule has 18 heavy (non-hydrogen) atoms. The van der Waals surface area contributed by atoms with Crippen molar-refractivity contribution in [2.75, 3.05) is 5.32 Å². The molecule has 0 aliphatic heterocycles. The van der Waals surface area contributed by atoms with Crippen molar-refractivity contribution in [3.05, 3.63) is 28.2 Å². The lowest BCUT2D eigenvalue weighted by molar-refractivity contribution is -0.119. The van der Waals surface area contributed by atoms with E-state index in [0.717, 1.165) is 18.6 Å². The monoisotopic (exact) mass is 318 g/mol. The zero-order valence-corrected chi connectivity index (χ0v) is 11.1. The molecule has 1 saturated carbocycles. The van der Waals surface area contributed by atoms with Gasteiger partial charge in [-0.2, -0.15) is 0 Å². The average Bonchev–Trinajstić information content (AvgIpc) is 2.73. The molecule has 0 bridgehead atoms. The Morgan fingerprint density at radius 2 is 2.06 bits per heavy atom. The van der Waals surface area contributed by atoms with Gasteiger partial charge in [0.2, 0.25) is 5.91 Å². The number of rotatable bonds is 2. The SMILES string of the molecule is NC1CCC(C(=O)Nc2cc(F)c(Br)cc2F)C1. The summed E-state index contributed by atoms with van der Waals surface area (Å²) in [5, 5.41) is 2.41. The molecule has 1 fully saturated rings. The number of amides is 1. The quantitative estimate of drug-likeness (QED) is 0.824. The maximum Gasteiger partial charge on any atom is 0.227 e. The molecule has 3 N–H and O–H groups in total. The van der Waals surface area contributed by atoms with Crippen molar-refractivity contribution in [2.45, 2.75) is 25.3 Å². The van der Waals surface area contributed by atoms with Crippen LogP contribution in [0.5, 0.6) is 0 Å². The highest BCUT2D eigenvalue weighted by molar-refractivity contribution is 9.10. The van der Waals surface area contributed by atoms with E-state index in [1.165, 1.54) is 0 Å². The predicted octanol–water partition coefficient (Wildman–Crippen LogP) is 2.79. The van der Waals surface area contributed by atoms with Crippen LogP contribution in [0.3, 0.4) is 0 Å². The van der Waals surface area contributed by atoms with Crippen LogP contribution in [0, 0.1) is 17.6 Å². The molecule has 2 rings (SSSR count). The molecule has 1 aromatic rings. The van der Waals surface area contributed by atoms with Crippen molar-refractivity contribution in [1.82, 2.24) is 0 Å². The van der Waals surface area contributed by atoms with Crippen LogP contribution in [0.15, 0.2) is 16.6 Å². The van der Waals surface area contributed by atoms with E-state index in [4.69, 9.17) is 5.73 Å². The third-order valence-electron chi connectivity index (χ3n) is 3.11. The molecule has 1 aliphatic carbocycles. The minimum absolute atomic E-state index is 0.0206. The van der Waals surface area contributed by atoms with Gasteiger partial charge >= 0.3 is 0 Å². The van der Waals surface area contributed by atoms with Crippen molar-refractivity contribution >= 4 is 27.5 Å². The summed E-state index contributed by atoms with van der Waals surface area (Å²) in [4.78, 5) is 11.8. The maximum absolute atomic E-state index is 13.5. The Morgan fingerprint density at radius 1 is 1.33 bits per heavy atom. The number of nitrogens with two attached hydrogens (primary N) is 1. The maximum atomic E-state index is 13.5. The second kappa shape index (κ2) is 5.32. The fraction of sp³-hybridized carbons (Fsp3) is 0.417. The van der Waals surface area contributed by atoms with Crippen LogP contribution in [0.25, 0.3) is 0 Å². The molecule has 0 saturated heterocycles. The second-order valence-electron chi connectivity index (χ2n) is 4.51. The zero-order valence-electron chi connectivity index (χ0n) is 9.55. The van der Waals surface area contributed by atoms with E-state index in [2.05, 4.69) is 21.2 Å². The third kappa shape index (κ3) is 2.87. The van der Waals surface area contributed by atoms with Gasteiger partial charge in [-0.1, -0.05) is 0 Å². The van der Waals surface area contributed by atoms with Crippen molar-refractivity contribution in [3.8, 4) is 0 Å². The summed E-state index contributed by atoms with van der Waals surface area (Å²) >= 11 is 2.88. The van der Waals surface area contributed by atoms with Crippen molar-refractivity contribution in [3.63, 3.8) is 0 Å². The lowest BCUT2D eigenvalue weighted by Crippen LogP contribution is -2.23. The third-order valence-corrected chi connectivity index (χ3v) is 3.72. The molecule has 98 valence electrons. The van der Waals surface area contributed by atoms with Crippen LogP contribution in [0.4, 0.5) is 14.5 Å². The van der Waals surface area contributed by atoms with Gasteiger partial charge in [-0.3, -0.25) is 4.79 Å². The topological polar surface area (TPSA) is 55.1 Å². The fourth-order valence-corrected chi connectivity index (χ4v) is 2.42. The Kier molecular flexibility index (Phi) is 3.97. The predicted molar refractivity (Wildman–Crippen MR) is 68.0 cm³/mol. The molecule has 0 spiro atoms. The summed E-state index contributed by atoms with van der Waals surface area (Å²) in [5.41, 5.74) is 5.57. The lowest BCUT2D eigenvalue weighted by Gasteiger charge is -2.11. The van der Waals surface area contributed by atoms with Gasteiger partial charge in [-0.15, -0.1) is 0 Å². The molecule has 1 aliphatic rings. The largest absolute Gasteiger partial charge is 0.328 e. The van der Waals surface area contributed by atoms with E-state index in [1.807, 2.05) is 0 Å². The van der Waals surface area contributed by atoms with Crippen LogP contribution in [0.2, 0.25) is 0 Å². The highest BCUT2D eigenvalue weighted by Crippen LogP contribution is 2.27. The number of anilines is 1. The minimum atomic E-state index is -0.668. The van der Waals surface area contributed by atoms with E-state index < -0.39 is 11.6 Å². The second-order valence-corrected chi connectivity index (χ2v) is 5.36. The van der Waals surface area contributed by atoms with Crippen molar-refractivity contribution in [2.24, 2.45) is 11.7 Å². The summed E-state index contributed by atoms with van der Waals surface area (Å²) in [6.07, 6.45) is 2.06. The molecule has 6 heteroatoms. The number of nitrogens with one attached hydrogen (secondary N) is 1. The first-order chi connectivity index (χ1) is 8.47. The smallest absolute Gasteiger partial charge is 0.227 e. The van der Waals surface area contributed by atoms with Gasteiger partial charge in [0.15, 0.2) is 0 Å². The van der Waals surface area contributed by atoms with Gasteiger partial charge in [0, 0.05) is 18.0 Å². The summed E-state index contributed by atoms with van der Waals surface area (Å²) in [6, 6.07) is 1.98. The van der Waals surface area contributed by atoms with Gasteiger partial charge in [0.05, 0.1) is 10.2 Å². The van der Waals surface area contributed by atoms with Crippen LogP contribution >= 0.6 is 15.9 Å². The zero-order chi connectivity index (χ0) is 13.3.